The van der Waals surface area contributed by atoms with Crippen LogP contribution in [0.4, 0.5) is 0 Å². The lowest BCUT2D eigenvalue weighted by Crippen LogP contribution is -2.42. The molecule has 0 bridgehead atoms. The van der Waals surface area contributed by atoms with E-state index in [1.807, 2.05) is 43.3 Å². The molecule has 1 atom stereocenters. The first-order valence-electron chi connectivity index (χ1n) is 7.99. The van der Waals surface area contributed by atoms with Crippen LogP contribution in [0.1, 0.15) is 12.7 Å². The second-order valence-electron chi connectivity index (χ2n) is 5.32. The first-order chi connectivity index (χ1) is 11.7. The number of furan rings is 1. The Hall–Kier alpha value is -2.63. The molecule has 2 N–H and O–H groups in total. The Morgan fingerprint density at radius 3 is 2.75 bits per heavy atom. The van der Waals surface area contributed by atoms with Gasteiger partial charge in [0.1, 0.15) is 23.4 Å². The Balaban J connectivity index is 1.71. The second kappa shape index (κ2) is 9.50. The summed E-state index contributed by atoms with van der Waals surface area (Å²) in [6.45, 7) is 3.39. The third-order valence-electron chi connectivity index (χ3n) is 3.40. The zero-order valence-corrected chi connectivity index (χ0v) is 14.4. The van der Waals surface area contributed by atoms with Crippen LogP contribution < -0.4 is 20.1 Å². The molecule has 1 heterocycles. The second-order valence-corrected chi connectivity index (χ2v) is 5.32. The highest BCUT2D eigenvalue weighted by Crippen LogP contribution is 2.19. The van der Waals surface area contributed by atoms with Crippen molar-refractivity contribution < 1.29 is 13.9 Å². The number of hydrogen-bond donors (Lipinski definition) is 2. The average molecular weight is 331 g/mol. The zero-order valence-electron chi connectivity index (χ0n) is 14.4. The van der Waals surface area contributed by atoms with Gasteiger partial charge in [0, 0.05) is 26.1 Å². The molecule has 2 aromatic rings. The maximum Gasteiger partial charge on any atom is 0.191 e. The van der Waals surface area contributed by atoms with Gasteiger partial charge in [0.25, 0.3) is 0 Å². The van der Waals surface area contributed by atoms with E-state index in [0.29, 0.717) is 6.54 Å². The van der Waals surface area contributed by atoms with Crippen molar-refractivity contribution in [2.45, 2.75) is 19.4 Å². The zero-order chi connectivity index (χ0) is 17.2. The summed E-state index contributed by atoms with van der Waals surface area (Å²) in [4.78, 5) is 4.20. The molecule has 0 fully saturated rings. The molecular weight excluding hydrogens is 306 g/mol. The Labute approximate surface area is 142 Å². The molecule has 0 saturated heterocycles. The van der Waals surface area contributed by atoms with Crippen LogP contribution in [0.3, 0.4) is 0 Å². The predicted octanol–water partition coefficient (Wildman–Crippen LogP) is 2.46. The number of ether oxygens (including phenoxy) is 2. The molecule has 1 aromatic heterocycles. The molecule has 24 heavy (non-hydrogen) atoms. The van der Waals surface area contributed by atoms with Gasteiger partial charge >= 0.3 is 0 Å². The van der Waals surface area contributed by atoms with E-state index in [2.05, 4.69) is 15.6 Å². The van der Waals surface area contributed by atoms with E-state index < -0.39 is 0 Å². The standard InChI is InChI=1S/C18H25N3O3/c1-14(24-17-7-4-6-16(12-17)22-3)13-21-18(19-2)20-10-9-15-8-5-11-23-15/h4-8,11-12,14H,9-10,13H2,1-3H3,(H2,19,20,21). The van der Waals surface area contributed by atoms with Crippen LogP contribution in [-0.4, -0.2) is 39.3 Å². The summed E-state index contributed by atoms with van der Waals surface area (Å²) in [5, 5.41) is 6.50. The maximum absolute atomic E-state index is 5.87. The number of rotatable bonds is 8. The smallest absolute Gasteiger partial charge is 0.191 e. The van der Waals surface area contributed by atoms with Gasteiger partial charge in [-0.05, 0) is 31.2 Å². The Kier molecular flexibility index (Phi) is 7.01. The monoisotopic (exact) mass is 331 g/mol. The molecule has 0 amide bonds. The van der Waals surface area contributed by atoms with Crippen LogP contribution in [-0.2, 0) is 6.42 Å². The molecule has 0 spiro atoms. The van der Waals surface area contributed by atoms with Gasteiger partial charge in [-0.2, -0.15) is 0 Å². The van der Waals surface area contributed by atoms with Gasteiger partial charge in [-0.15, -0.1) is 0 Å². The first kappa shape index (κ1) is 17.7. The Morgan fingerprint density at radius 1 is 1.21 bits per heavy atom. The van der Waals surface area contributed by atoms with Crippen LogP contribution in [0.2, 0.25) is 0 Å². The lowest BCUT2D eigenvalue weighted by molar-refractivity contribution is 0.223. The minimum Gasteiger partial charge on any atom is -0.497 e. The maximum atomic E-state index is 5.87. The van der Waals surface area contributed by atoms with Gasteiger partial charge in [-0.1, -0.05) is 6.07 Å². The fourth-order valence-corrected chi connectivity index (χ4v) is 2.17. The molecule has 130 valence electrons. The van der Waals surface area contributed by atoms with Crippen molar-refractivity contribution in [1.82, 2.24) is 10.6 Å². The minimum absolute atomic E-state index is 0.0132. The number of guanidine groups is 1. The molecule has 0 aliphatic rings. The highest BCUT2D eigenvalue weighted by molar-refractivity contribution is 5.79. The first-order valence-corrected chi connectivity index (χ1v) is 7.99. The van der Waals surface area contributed by atoms with Crippen molar-refractivity contribution in [3.8, 4) is 11.5 Å². The fourth-order valence-electron chi connectivity index (χ4n) is 2.17. The van der Waals surface area contributed by atoms with E-state index in [9.17, 15) is 0 Å². The summed E-state index contributed by atoms with van der Waals surface area (Å²) in [5.74, 6) is 3.25. The lowest BCUT2D eigenvalue weighted by Gasteiger charge is -2.18. The number of methoxy groups -OCH3 is 1. The van der Waals surface area contributed by atoms with E-state index in [0.717, 1.165) is 36.2 Å². The number of benzene rings is 1. The summed E-state index contributed by atoms with van der Waals surface area (Å²) >= 11 is 0. The Morgan fingerprint density at radius 2 is 2.04 bits per heavy atom. The van der Waals surface area contributed by atoms with Gasteiger partial charge in [0.05, 0.1) is 19.9 Å². The molecular formula is C18H25N3O3. The van der Waals surface area contributed by atoms with E-state index >= 15 is 0 Å². The topological polar surface area (TPSA) is 68.0 Å². The van der Waals surface area contributed by atoms with E-state index in [1.54, 1.807) is 20.4 Å². The third kappa shape index (κ3) is 5.87. The van der Waals surface area contributed by atoms with Crippen molar-refractivity contribution in [1.29, 1.82) is 0 Å². The molecule has 6 nitrogen and oxygen atoms in total. The number of aliphatic imine (C=N–C) groups is 1. The summed E-state index contributed by atoms with van der Waals surface area (Å²) in [6.07, 6.45) is 2.48. The SMILES string of the molecule is CN=C(NCCc1ccco1)NCC(C)Oc1cccc(OC)c1. The normalized spacial score (nSPS) is 12.5. The van der Waals surface area contributed by atoms with Gasteiger partial charge < -0.3 is 24.5 Å². The van der Waals surface area contributed by atoms with Crippen LogP contribution in [0.5, 0.6) is 11.5 Å². The lowest BCUT2D eigenvalue weighted by atomic mass is 10.3. The number of nitrogens with one attached hydrogen (secondary N) is 2. The number of hydrogen-bond acceptors (Lipinski definition) is 4. The predicted molar refractivity (Wildman–Crippen MR) is 94.9 cm³/mol. The average Bonchev–Trinajstić information content (AvgIpc) is 3.11. The minimum atomic E-state index is -0.0132. The molecule has 6 heteroatoms. The van der Waals surface area contributed by atoms with Crippen molar-refractivity contribution >= 4 is 5.96 Å². The molecule has 0 radical (unpaired) electrons. The van der Waals surface area contributed by atoms with Crippen LogP contribution in [0, 0.1) is 0 Å². The van der Waals surface area contributed by atoms with E-state index in [1.165, 1.54) is 0 Å². The van der Waals surface area contributed by atoms with Crippen LogP contribution in [0.25, 0.3) is 0 Å². The molecule has 0 aliphatic carbocycles. The van der Waals surface area contributed by atoms with E-state index in [4.69, 9.17) is 13.9 Å². The third-order valence-corrected chi connectivity index (χ3v) is 3.40. The molecule has 0 aliphatic heterocycles. The highest BCUT2D eigenvalue weighted by Gasteiger charge is 2.06. The fraction of sp³-hybridized carbons (Fsp3) is 0.389. The summed E-state index contributed by atoms with van der Waals surface area (Å²) < 4.78 is 16.4. The van der Waals surface area contributed by atoms with Crippen LogP contribution in [0.15, 0.2) is 52.1 Å². The van der Waals surface area contributed by atoms with Gasteiger partial charge in [-0.3, -0.25) is 4.99 Å². The van der Waals surface area contributed by atoms with Crippen molar-refractivity contribution in [2.24, 2.45) is 4.99 Å². The molecule has 2 rings (SSSR count). The van der Waals surface area contributed by atoms with Gasteiger partial charge in [0.2, 0.25) is 0 Å². The van der Waals surface area contributed by atoms with Gasteiger partial charge in [0.15, 0.2) is 5.96 Å². The van der Waals surface area contributed by atoms with Crippen molar-refractivity contribution in [3.05, 3.63) is 48.4 Å². The Bertz CT molecular complexity index is 626. The number of nitrogens with zero attached hydrogens (tertiary/aromatic N) is 1. The largest absolute Gasteiger partial charge is 0.497 e. The van der Waals surface area contributed by atoms with Crippen molar-refractivity contribution in [3.63, 3.8) is 0 Å². The quantitative estimate of drug-likeness (QED) is 0.574. The molecule has 1 aromatic carbocycles. The summed E-state index contributed by atoms with van der Waals surface area (Å²) in [7, 11) is 3.39. The van der Waals surface area contributed by atoms with Gasteiger partial charge in [-0.25, -0.2) is 0 Å². The summed E-state index contributed by atoms with van der Waals surface area (Å²) in [6, 6.07) is 11.4. The van der Waals surface area contributed by atoms with Crippen molar-refractivity contribution in [2.75, 3.05) is 27.2 Å². The van der Waals surface area contributed by atoms with E-state index in [-0.39, 0.29) is 6.10 Å². The molecule has 0 saturated carbocycles. The summed E-state index contributed by atoms with van der Waals surface area (Å²) in [5.41, 5.74) is 0. The van der Waals surface area contributed by atoms with Crippen LogP contribution >= 0.6 is 0 Å². The highest BCUT2D eigenvalue weighted by atomic mass is 16.5. The molecule has 1 unspecified atom stereocenters.